The molecule has 0 atom stereocenters. The van der Waals surface area contributed by atoms with Crippen molar-refractivity contribution in [2.45, 2.75) is 19.5 Å². The second kappa shape index (κ2) is 6.40. The minimum Gasteiger partial charge on any atom is -0.464 e. The summed E-state index contributed by atoms with van der Waals surface area (Å²) < 4.78 is 43.2. The Morgan fingerprint density at radius 1 is 1.32 bits per heavy atom. The summed E-state index contributed by atoms with van der Waals surface area (Å²) in [6.07, 6.45) is -2.47. The molecule has 0 saturated carbocycles. The fourth-order valence-electron chi connectivity index (χ4n) is 2.36. The summed E-state index contributed by atoms with van der Waals surface area (Å²) in [5.41, 5.74) is 1.37. The van der Waals surface area contributed by atoms with Gasteiger partial charge in [-0.1, -0.05) is 23.7 Å². The molecule has 0 radical (unpaired) electrons. The van der Waals surface area contributed by atoms with Gasteiger partial charge >= 0.3 is 6.18 Å². The average molecular weight is 369 g/mol. The van der Waals surface area contributed by atoms with Crippen LogP contribution in [0.15, 0.2) is 41.1 Å². The standard InChI is InChI=1S/C17H12ClF3N2O2/c1-9-2-3-12-10(8-25-14(12)4-9)5-15(24)23-16-13(18)6-11(7-22-16)17(19,20)21/h2-4,6-8H,5H2,1H3,(H,22,23,24). The minimum absolute atomic E-state index is 0.0188. The van der Waals surface area contributed by atoms with Gasteiger partial charge < -0.3 is 9.73 Å². The highest BCUT2D eigenvalue weighted by Gasteiger charge is 2.31. The number of anilines is 1. The van der Waals surface area contributed by atoms with E-state index < -0.39 is 17.6 Å². The zero-order chi connectivity index (χ0) is 18.2. The predicted molar refractivity (Wildman–Crippen MR) is 87.5 cm³/mol. The molecule has 3 aromatic rings. The maximum atomic E-state index is 12.6. The van der Waals surface area contributed by atoms with Crippen LogP contribution in [0.5, 0.6) is 0 Å². The average Bonchev–Trinajstić information content (AvgIpc) is 2.90. The van der Waals surface area contributed by atoms with Crippen LogP contribution >= 0.6 is 11.6 Å². The highest BCUT2D eigenvalue weighted by Crippen LogP contribution is 2.32. The molecular weight excluding hydrogens is 357 g/mol. The number of amides is 1. The third-order valence-corrected chi connectivity index (χ3v) is 3.88. The predicted octanol–water partition coefficient (Wildman–Crippen LogP) is 4.99. The Hall–Kier alpha value is -2.54. The van der Waals surface area contributed by atoms with Crippen LogP contribution in [0.4, 0.5) is 19.0 Å². The number of hydrogen-bond donors (Lipinski definition) is 1. The van der Waals surface area contributed by atoms with E-state index in [1.54, 1.807) is 0 Å². The van der Waals surface area contributed by atoms with Crippen LogP contribution < -0.4 is 5.32 Å². The molecule has 1 amide bonds. The van der Waals surface area contributed by atoms with Crippen molar-refractivity contribution in [1.82, 2.24) is 4.98 Å². The Bertz CT molecular complexity index is 951. The molecule has 130 valence electrons. The molecule has 4 nitrogen and oxygen atoms in total. The second-order valence-electron chi connectivity index (χ2n) is 5.54. The van der Waals surface area contributed by atoms with Crippen LogP contribution in [0.25, 0.3) is 11.0 Å². The van der Waals surface area contributed by atoms with E-state index in [1.165, 1.54) is 6.26 Å². The largest absolute Gasteiger partial charge is 0.464 e. The van der Waals surface area contributed by atoms with Crippen LogP contribution in [0.1, 0.15) is 16.7 Å². The van der Waals surface area contributed by atoms with Crippen molar-refractivity contribution < 1.29 is 22.4 Å². The highest BCUT2D eigenvalue weighted by atomic mass is 35.5. The van der Waals surface area contributed by atoms with Gasteiger partial charge in [-0.2, -0.15) is 13.2 Å². The topological polar surface area (TPSA) is 55.1 Å². The number of carbonyl (C=O) groups excluding carboxylic acids is 1. The smallest absolute Gasteiger partial charge is 0.417 e. The molecule has 3 rings (SSSR count). The Morgan fingerprint density at radius 2 is 2.08 bits per heavy atom. The van der Waals surface area contributed by atoms with E-state index in [2.05, 4.69) is 10.3 Å². The van der Waals surface area contributed by atoms with Gasteiger partial charge in [-0.05, 0) is 24.6 Å². The zero-order valence-electron chi connectivity index (χ0n) is 12.9. The third-order valence-electron chi connectivity index (χ3n) is 3.59. The van der Waals surface area contributed by atoms with Crippen LogP contribution in [0.2, 0.25) is 5.02 Å². The summed E-state index contributed by atoms with van der Waals surface area (Å²) in [5, 5.41) is 2.93. The van der Waals surface area contributed by atoms with Crippen molar-refractivity contribution in [1.29, 1.82) is 0 Å². The molecule has 0 bridgehead atoms. The molecule has 1 N–H and O–H groups in total. The van der Waals surface area contributed by atoms with E-state index in [0.717, 1.165) is 17.0 Å². The van der Waals surface area contributed by atoms with E-state index in [0.29, 0.717) is 17.3 Å². The van der Waals surface area contributed by atoms with Gasteiger partial charge in [-0.15, -0.1) is 0 Å². The molecule has 0 aliphatic heterocycles. The van der Waals surface area contributed by atoms with Gasteiger partial charge in [0.15, 0.2) is 5.82 Å². The van der Waals surface area contributed by atoms with Crippen molar-refractivity contribution in [3.63, 3.8) is 0 Å². The summed E-state index contributed by atoms with van der Waals surface area (Å²) in [6.45, 7) is 1.92. The summed E-state index contributed by atoms with van der Waals surface area (Å²) >= 11 is 5.78. The number of aromatic nitrogens is 1. The summed E-state index contributed by atoms with van der Waals surface area (Å²) in [5.74, 6) is -0.583. The van der Waals surface area contributed by atoms with E-state index in [-0.39, 0.29) is 17.3 Å². The lowest BCUT2D eigenvalue weighted by atomic mass is 10.1. The molecule has 0 fully saturated rings. The minimum atomic E-state index is -4.55. The number of fused-ring (bicyclic) bond motifs is 1. The summed E-state index contributed by atoms with van der Waals surface area (Å²) in [7, 11) is 0. The second-order valence-corrected chi connectivity index (χ2v) is 5.94. The molecule has 0 unspecified atom stereocenters. The van der Waals surface area contributed by atoms with E-state index in [4.69, 9.17) is 16.0 Å². The molecule has 25 heavy (non-hydrogen) atoms. The van der Waals surface area contributed by atoms with Crippen LogP contribution in [0, 0.1) is 6.92 Å². The number of alkyl halides is 3. The molecular formula is C17H12ClF3N2O2. The Morgan fingerprint density at radius 3 is 2.76 bits per heavy atom. The number of nitrogens with zero attached hydrogens (tertiary/aromatic N) is 1. The van der Waals surface area contributed by atoms with Crippen molar-refractivity contribution in [2.24, 2.45) is 0 Å². The lowest BCUT2D eigenvalue weighted by Gasteiger charge is -2.10. The van der Waals surface area contributed by atoms with Gasteiger partial charge in [0, 0.05) is 17.1 Å². The van der Waals surface area contributed by atoms with Crippen LogP contribution in [-0.2, 0) is 17.4 Å². The fraction of sp³-hybridized carbons (Fsp3) is 0.176. The third kappa shape index (κ3) is 3.76. The van der Waals surface area contributed by atoms with E-state index in [9.17, 15) is 18.0 Å². The van der Waals surface area contributed by atoms with Gasteiger partial charge in [0.2, 0.25) is 5.91 Å². The van der Waals surface area contributed by atoms with Crippen molar-refractivity contribution in [3.8, 4) is 0 Å². The summed E-state index contributed by atoms with van der Waals surface area (Å²) in [6, 6.07) is 6.32. The number of benzene rings is 1. The lowest BCUT2D eigenvalue weighted by molar-refractivity contribution is -0.137. The van der Waals surface area contributed by atoms with Gasteiger partial charge in [-0.3, -0.25) is 4.79 Å². The Kier molecular flexibility index (Phi) is 4.43. The van der Waals surface area contributed by atoms with Gasteiger partial charge in [0.05, 0.1) is 23.3 Å². The number of carbonyl (C=O) groups is 1. The quantitative estimate of drug-likeness (QED) is 0.708. The van der Waals surface area contributed by atoms with Crippen molar-refractivity contribution >= 4 is 34.3 Å². The molecule has 2 aromatic heterocycles. The van der Waals surface area contributed by atoms with Crippen LogP contribution in [0.3, 0.4) is 0 Å². The van der Waals surface area contributed by atoms with Crippen molar-refractivity contribution in [2.75, 3.05) is 5.32 Å². The molecule has 2 heterocycles. The fourth-order valence-corrected chi connectivity index (χ4v) is 2.58. The lowest BCUT2D eigenvalue weighted by Crippen LogP contribution is -2.16. The molecule has 0 saturated heterocycles. The number of pyridine rings is 1. The molecule has 8 heteroatoms. The molecule has 0 aliphatic rings. The number of nitrogens with one attached hydrogen (secondary N) is 1. The number of halogens is 4. The number of furan rings is 1. The first-order valence-corrected chi connectivity index (χ1v) is 7.61. The molecule has 1 aromatic carbocycles. The first kappa shape index (κ1) is 17.3. The number of aryl methyl sites for hydroxylation is 1. The monoisotopic (exact) mass is 368 g/mol. The van der Waals surface area contributed by atoms with Gasteiger partial charge in [0.1, 0.15) is 5.58 Å². The molecule has 0 spiro atoms. The SMILES string of the molecule is Cc1ccc2c(CC(=O)Nc3ncc(C(F)(F)F)cc3Cl)coc2c1. The maximum Gasteiger partial charge on any atom is 0.417 e. The normalized spacial score (nSPS) is 11.7. The Balaban J connectivity index is 1.76. The first-order valence-electron chi connectivity index (χ1n) is 7.23. The van der Waals surface area contributed by atoms with E-state index in [1.807, 2.05) is 25.1 Å². The molecule has 0 aliphatic carbocycles. The van der Waals surface area contributed by atoms with Gasteiger partial charge in [-0.25, -0.2) is 4.98 Å². The van der Waals surface area contributed by atoms with Crippen molar-refractivity contribution in [3.05, 3.63) is 58.4 Å². The summed E-state index contributed by atoms with van der Waals surface area (Å²) in [4.78, 5) is 15.7. The maximum absolute atomic E-state index is 12.6. The highest BCUT2D eigenvalue weighted by molar-refractivity contribution is 6.33. The number of hydrogen-bond acceptors (Lipinski definition) is 3. The number of rotatable bonds is 3. The first-order chi connectivity index (χ1) is 11.7. The van der Waals surface area contributed by atoms with Gasteiger partial charge in [0.25, 0.3) is 0 Å². The zero-order valence-corrected chi connectivity index (χ0v) is 13.7. The Labute approximate surface area is 145 Å². The van der Waals surface area contributed by atoms with Crippen LogP contribution in [-0.4, -0.2) is 10.9 Å². The van der Waals surface area contributed by atoms with E-state index >= 15 is 0 Å².